The highest BCUT2D eigenvalue weighted by Gasteiger charge is 2.32. The molecule has 24 heavy (non-hydrogen) atoms. The molecule has 1 aliphatic heterocycles. The van der Waals surface area contributed by atoms with Gasteiger partial charge in [0, 0.05) is 32.2 Å². The fraction of sp³-hybridized carbons (Fsp3) is 0.474. The van der Waals surface area contributed by atoms with E-state index in [1.165, 1.54) is 10.9 Å². The molecule has 0 bridgehead atoms. The van der Waals surface area contributed by atoms with E-state index in [1.54, 1.807) is 6.07 Å². The van der Waals surface area contributed by atoms with Gasteiger partial charge in [-0.25, -0.2) is 0 Å². The maximum atomic E-state index is 9.63. The Hall–Kier alpha value is -1.000. The summed E-state index contributed by atoms with van der Waals surface area (Å²) in [5.41, 5.74) is 1.55. The highest BCUT2D eigenvalue weighted by atomic mass is 35.5. The largest absolute Gasteiger partial charge is 0.508 e. The third-order valence-electron chi connectivity index (χ3n) is 4.50. The molecule has 0 amide bonds. The lowest BCUT2D eigenvalue weighted by Crippen LogP contribution is -2.48. The topological polar surface area (TPSA) is 35.5 Å². The highest BCUT2D eigenvalue weighted by molar-refractivity contribution is 5.86. The highest BCUT2D eigenvalue weighted by Crippen LogP contribution is 2.39. The maximum Gasteiger partial charge on any atom is 0.116 e. The molecule has 3 rings (SSSR count). The van der Waals surface area contributed by atoms with Crippen LogP contribution in [0.3, 0.4) is 0 Å². The number of nitrogens with zero attached hydrogens (tertiary/aromatic N) is 1. The second-order valence-electron chi connectivity index (χ2n) is 7.35. The Bertz CT molecular complexity index is 664. The molecule has 1 atom stereocenters. The van der Waals surface area contributed by atoms with Crippen LogP contribution in [0.15, 0.2) is 36.4 Å². The lowest BCUT2D eigenvalue weighted by atomic mass is 9.80. The molecule has 5 heteroatoms. The molecule has 2 aromatic carbocycles. The number of benzene rings is 2. The summed E-state index contributed by atoms with van der Waals surface area (Å²) >= 11 is 0. The summed E-state index contributed by atoms with van der Waals surface area (Å²) in [5, 5.41) is 15.4. The summed E-state index contributed by atoms with van der Waals surface area (Å²) < 4.78 is 0. The van der Waals surface area contributed by atoms with E-state index in [0.717, 1.165) is 31.6 Å². The van der Waals surface area contributed by atoms with Crippen LogP contribution in [0.5, 0.6) is 5.75 Å². The Kier molecular flexibility index (Phi) is 7.36. The van der Waals surface area contributed by atoms with Crippen LogP contribution in [0.4, 0.5) is 0 Å². The van der Waals surface area contributed by atoms with Gasteiger partial charge in [0.25, 0.3) is 0 Å². The van der Waals surface area contributed by atoms with Crippen molar-refractivity contribution in [1.82, 2.24) is 10.2 Å². The number of nitrogens with one attached hydrogen (secondary N) is 1. The molecule has 1 aliphatic rings. The molecule has 0 aromatic heterocycles. The van der Waals surface area contributed by atoms with E-state index in [0.29, 0.717) is 11.8 Å². The van der Waals surface area contributed by atoms with Gasteiger partial charge < -0.3 is 10.4 Å². The van der Waals surface area contributed by atoms with E-state index in [2.05, 4.69) is 49.2 Å². The van der Waals surface area contributed by atoms with Crippen LogP contribution in [-0.4, -0.2) is 36.2 Å². The second-order valence-corrected chi connectivity index (χ2v) is 7.35. The first kappa shape index (κ1) is 21.0. The molecule has 1 fully saturated rings. The number of hydrogen-bond acceptors (Lipinski definition) is 3. The predicted molar refractivity (Wildman–Crippen MR) is 107 cm³/mol. The third-order valence-corrected chi connectivity index (χ3v) is 4.50. The average molecular weight is 371 g/mol. The summed E-state index contributed by atoms with van der Waals surface area (Å²) in [6, 6.07) is 12.6. The quantitative estimate of drug-likeness (QED) is 0.822. The van der Waals surface area contributed by atoms with Gasteiger partial charge in [0.15, 0.2) is 0 Å². The van der Waals surface area contributed by atoms with Crippen molar-refractivity contribution in [2.75, 3.05) is 26.2 Å². The van der Waals surface area contributed by atoms with Gasteiger partial charge >= 0.3 is 0 Å². The van der Waals surface area contributed by atoms with Gasteiger partial charge in [-0.3, -0.25) is 4.90 Å². The van der Waals surface area contributed by atoms with Gasteiger partial charge in [-0.1, -0.05) is 39.0 Å². The minimum absolute atomic E-state index is 0. The van der Waals surface area contributed by atoms with E-state index in [9.17, 15) is 5.11 Å². The first-order chi connectivity index (χ1) is 10.4. The number of aromatic hydroxyl groups is 1. The van der Waals surface area contributed by atoms with Crippen LogP contribution in [0.2, 0.25) is 0 Å². The number of hydrogen-bond donors (Lipinski definition) is 2. The Morgan fingerprint density at radius 2 is 1.54 bits per heavy atom. The zero-order valence-corrected chi connectivity index (χ0v) is 16.2. The van der Waals surface area contributed by atoms with Crippen molar-refractivity contribution in [2.45, 2.75) is 26.8 Å². The molecule has 2 aromatic rings. The lowest BCUT2D eigenvalue weighted by Gasteiger charge is -2.42. The van der Waals surface area contributed by atoms with E-state index >= 15 is 0 Å². The van der Waals surface area contributed by atoms with Crippen molar-refractivity contribution >= 4 is 35.6 Å². The zero-order valence-electron chi connectivity index (χ0n) is 14.6. The molecule has 1 heterocycles. The fourth-order valence-corrected chi connectivity index (χ4v) is 3.62. The molecule has 0 spiro atoms. The second kappa shape index (κ2) is 8.39. The molecular weight excluding hydrogens is 343 g/mol. The monoisotopic (exact) mass is 370 g/mol. The van der Waals surface area contributed by atoms with E-state index in [1.807, 2.05) is 12.1 Å². The molecule has 134 valence electrons. The van der Waals surface area contributed by atoms with E-state index < -0.39 is 0 Å². The van der Waals surface area contributed by atoms with Crippen LogP contribution in [0, 0.1) is 5.41 Å². The van der Waals surface area contributed by atoms with Gasteiger partial charge in [0.2, 0.25) is 0 Å². The van der Waals surface area contributed by atoms with Crippen molar-refractivity contribution in [1.29, 1.82) is 0 Å². The minimum Gasteiger partial charge on any atom is -0.508 e. The van der Waals surface area contributed by atoms with Crippen molar-refractivity contribution in [3.8, 4) is 5.75 Å². The van der Waals surface area contributed by atoms with Crippen LogP contribution in [-0.2, 0) is 0 Å². The normalized spacial score (nSPS) is 17.0. The zero-order chi connectivity index (χ0) is 15.7. The van der Waals surface area contributed by atoms with Gasteiger partial charge in [-0.05, 0) is 39.9 Å². The first-order valence-corrected chi connectivity index (χ1v) is 8.12. The average Bonchev–Trinajstić information content (AvgIpc) is 2.47. The standard InChI is InChI=1S/C19H26N2O.2ClH/c1-19(2,3)18(21-10-8-20-9-11-21)16-5-4-15-13-17(22)7-6-14(15)12-16;;/h4-7,12-13,18,20,22H,8-11H2,1-3H3;2*1H/t18-;;/m1../s1. The number of phenolic OH excluding ortho intramolecular Hbond substituents is 1. The molecule has 1 saturated heterocycles. The first-order valence-electron chi connectivity index (χ1n) is 8.12. The SMILES string of the molecule is CC(C)(C)[C@@H](c1ccc2cc(O)ccc2c1)N1CCNCC1.Cl.Cl. The summed E-state index contributed by atoms with van der Waals surface area (Å²) in [4.78, 5) is 2.60. The maximum absolute atomic E-state index is 9.63. The van der Waals surface area contributed by atoms with E-state index in [4.69, 9.17) is 0 Å². The van der Waals surface area contributed by atoms with Crippen molar-refractivity contribution in [2.24, 2.45) is 5.41 Å². The van der Waals surface area contributed by atoms with E-state index in [-0.39, 0.29) is 30.2 Å². The Morgan fingerprint density at radius 3 is 2.17 bits per heavy atom. The number of halogens is 2. The van der Waals surface area contributed by atoms with Gasteiger partial charge in [-0.2, -0.15) is 0 Å². The molecule has 0 aliphatic carbocycles. The van der Waals surface area contributed by atoms with Crippen molar-refractivity contribution < 1.29 is 5.11 Å². The Morgan fingerprint density at radius 1 is 0.958 bits per heavy atom. The van der Waals surface area contributed by atoms with Gasteiger partial charge in [0.1, 0.15) is 5.75 Å². The molecular formula is C19H28Cl2N2O. The van der Waals surface area contributed by atoms with Crippen LogP contribution < -0.4 is 5.32 Å². The van der Waals surface area contributed by atoms with Gasteiger partial charge in [0.05, 0.1) is 0 Å². The summed E-state index contributed by atoms with van der Waals surface area (Å²) in [6.07, 6.45) is 0. The van der Waals surface area contributed by atoms with Crippen LogP contribution >= 0.6 is 24.8 Å². The molecule has 3 nitrogen and oxygen atoms in total. The fourth-order valence-electron chi connectivity index (χ4n) is 3.62. The molecule has 2 N–H and O–H groups in total. The number of piperazine rings is 1. The summed E-state index contributed by atoms with van der Waals surface area (Å²) in [5.74, 6) is 0.328. The number of fused-ring (bicyclic) bond motifs is 1. The van der Waals surface area contributed by atoms with Crippen molar-refractivity contribution in [3.05, 3.63) is 42.0 Å². The lowest BCUT2D eigenvalue weighted by molar-refractivity contribution is 0.0863. The molecule has 0 saturated carbocycles. The van der Waals surface area contributed by atoms with Crippen LogP contribution in [0.1, 0.15) is 32.4 Å². The predicted octanol–water partition coefficient (Wildman–Crippen LogP) is 4.38. The number of phenols is 1. The summed E-state index contributed by atoms with van der Waals surface area (Å²) in [7, 11) is 0. The smallest absolute Gasteiger partial charge is 0.116 e. The Labute approximate surface area is 157 Å². The minimum atomic E-state index is 0. The van der Waals surface area contributed by atoms with Crippen molar-refractivity contribution in [3.63, 3.8) is 0 Å². The third kappa shape index (κ3) is 4.54. The Balaban J connectivity index is 0.00000144. The summed E-state index contributed by atoms with van der Waals surface area (Å²) in [6.45, 7) is 11.3. The number of rotatable bonds is 2. The molecule has 0 unspecified atom stereocenters. The van der Waals surface area contributed by atoms with Gasteiger partial charge in [-0.15, -0.1) is 24.8 Å². The van der Waals surface area contributed by atoms with Crippen LogP contribution in [0.25, 0.3) is 10.8 Å². The molecule has 0 radical (unpaired) electrons.